The van der Waals surface area contributed by atoms with E-state index in [4.69, 9.17) is 0 Å². The molecular formula is C17H15N5OS. The Hall–Kier alpha value is -2.93. The van der Waals surface area contributed by atoms with Crippen molar-refractivity contribution >= 4 is 43.9 Å². The topological polar surface area (TPSA) is 64.2 Å². The molecule has 0 amide bonds. The number of fused-ring (bicyclic) bond motifs is 2. The van der Waals surface area contributed by atoms with E-state index in [1.165, 1.54) is 0 Å². The molecule has 0 aliphatic carbocycles. The molecule has 24 heavy (non-hydrogen) atoms. The van der Waals surface area contributed by atoms with Gasteiger partial charge in [0.15, 0.2) is 0 Å². The van der Waals surface area contributed by atoms with Gasteiger partial charge in [0.2, 0.25) is 5.13 Å². The fourth-order valence-corrected chi connectivity index (χ4v) is 3.50. The van der Waals surface area contributed by atoms with Crippen LogP contribution in [0.2, 0.25) is 0 Å². The molecule has 2 heterocycles. The van der Waals surface area contributed by atoms with Gasteiger partial charge >= 0.3 is 5.69 Å². The molecule has 0 radical (unpaired) electrons. The predicted octanol–water partition coefficient (Wildman–Crippen LogP) is 2.93. The number of benzene rings is 2. The standard InChI is InChI=1S/C17H15N5OS/c1-21-13-8-7-11(9-14(13)22(2)17(21)23)10-18-20-16-19-12-5-3-4-6-15(12)24-16/h3-10H,1-2H3,(H,19,20)/b18-10-. The Bertz CT molecular complexity index is 1100. The van der Waals surface area contributed by atoms with Gasteiger partial charge in [-0.1, -0.05) is 29.5 Å². The van der Waals surface area contributed by atoms with Crippen LogP contribution in [-0.4, -0.2) is 20.3 Å². The van der Waals surface area contributed by atoms with Crippen molar-refractivity contribution in [2.75, 3.05) is 5.43 Å². The molecular weight excluding hydrogens is 322 g/mol. The second-order valence-electron chi connectivity index (χ2n) is 5.51. The van der Waals surface area contributed by atoms with Crippen molar-refractivity contribution in [1.29, 1.82) is 0 Å². The highest BCUT2D eigenvalue weighted by molar-refractivity contribution is 7.22. The first-order chi connectivity index (χ1) is 11.6. The molecule has 4 aromatic rings. The summed E-state index contributed by atoms with van der Waals surface area (Å²) in [6.45, 7) is 0. The van der Waals surface area contributed by atoms with Crippen LogP contribution in [0, 0.1) is 0 Å². The van der Waals surface area contributed by atoms with E-state index in [2.05, 4.69) is 15.5 Å². The Labute approximate surface area is 141 Å². The molecule has 4 rings (SSSR count). The zero-order valence-electron chi connectivity index (χ0n) is 13.2. The Balaban J connectivity index is 1.60. The fraction of sp³-hybridized carbons (Fsp3) is 0.118. The molecule has 2 aromatic carbocycles. The molecule has 1 N–H and O–H groups in total. The number of nitrogens with zero attached hydrogens (tertiary/aromatic N) is 4. The van der Waals surface area contributed by atoms with Gasteiger partial charge in [-0.15, -0.1) is 0 Å². The maximum absolute atomic E-state index is 12.0. The lowest BCUT2D eigenvalue weighted by Gasteiger charge is -1.97. The number of hydrogen-bond acceptors (Lipinski definition) is 5. The third-order valence-corrected chi connectivity index (χ3v) is 4.90. The number of nitrogens with one attached hydrogen (secondary N) is 1. The van der Waals surface area contributed by atoms with Crippen molar-refractivity contribution in [2.45, 2.75) is 0 Å². The first kappa shape index (κ1) is 14.6. The van der Waals surface area contributed by atoms with Crippen LogP contribution in [-0.2, 0) is 14.1 Å². The van der Waals surface area contributed by atoms with E-state index in [0.29, 0.717) is 0 Å². The molecule has 0 atom stereocenters. The predicted molar refractivity (Wildman–Crippen MR) is 99.0 cm³/mol. The molecule has 0 spiro atoms. The summed E-state index contributed by atoms with van der Waals surface area (Å²) in [7, 11) is 3.54. The van der Waals surface area contributed by atoms with Gasteiger partial charge in [0, 0.05) is 14.1 Å². The zero-order chi connectivity index (χ0) is 16.7. The van der Waals surface area contributed by atoms with Crippen LogP contribution in [0.25, 0.3) is 21.3 Å². The summed E-state index contributed by atoms with van der Waals surface area (Å²) in [6.07, 6.45) is 1.73. The van der Waals surface area contributed by atoms with E-state index in [-0.39, 0.29) is 5.69 Å². The quantitative estimate of drug-likeness (QED) is 0.462. The maximum atomic E-state index is 12.0. The molecule has 0 bridgehead atoms. The van der Waals surface area contributed by atoms with E-state index in [9.17, 15) is 4.79 Å². The number of rotatable bonds is 3. The Morgan fingerprint density at radius 2 is 1.92 bits per heavy atom. The smallest absolute Gasteiger partial charge is 0.295 e. The minimum absolute atomic E-state index is 0.0355. The van der Waals surface area contributed by atoms with Crippen LogP contribution in [0.15, 0.2) is 52.4 Å². The number of hydrazone groups is 1. The van der Waals surface area contributed by atoms with Crippen LogP contribution in [0.4, 0.5) is 5.13 Å². The molecule has 0 saturated carbocycles. The first-order valence-corrected chi connectivity index (χ1v) is 8.25. The normalized spacial score (nSPS) is 11.8. The van der Waals surface area contributed by atoms with E-state index in [1.54, 1.807) is 40.8 Å². The lowest BCUT2D eigenvalue weighted by Crippen LogP contribution is -2.19. The summed E-state index contributed by atoms with van der Waals surface area (Å²) in [6, 6.07) is 13.8. The average molecular weight is 337 g/mol. The Morgan fingerprint density at radius 1 is 1.12 bits per heavy atom. The van der Waals surface area contributed by atoms with Crippen LogP contribution in [0.1, 0.15) is 5.56 Å². The summed E-state index contributed by atoms with van der Waals surface area (Å²) in [5.41, 5.74) is 6.59. The molecule has 0 aliphatic rings. The summed E-state index contributed by atoms with van der Waals surface area (Å²) in [4.78, 5) is 16.4. The number of thiazole rings is 1. The van der Waals surface area contributed by atoms with Gasteiger partial charge in [-0.3, -0.25) is 14.6 Å². The van der Waals surface area contributed by atoms with Gasteiger partial charge < -0.3 is 0 Å². The van der Waals surface area contributed by atoms with E-state index in [0.717, 1.165) is 31.9 Å². The number of aryl methyl sites for hydroxylation is 2. The molecule has 0 aliphatic heterocycles. The van der Waals surface area contributed by atoms with Gasteiger partial charge in [0.05, 0.1) is 27.5 Å². The van der Waals surface area contributed by atoms with E-state index >= 15 is 0 Å². The van der Waals surface area contributed by atoms with Gasteiger partial charge in [0.25, 0.3) is 0 Å². The largest absolute Gasteiger partial charge is 0.328 e. The highest BCUT2D eigenvalue weighted by Gasteiger charge is 2.07. The van der Waals surface area contributed by atoms with Crippen molar-refractivity contribution in [1.82, 2.24) is 14.1 Å². The lowest BCUT2D eigenvalue weighted by atomic mass is 10.2. The average Bonchev–Trinajstić information content (AvgIpc) is 3.10. The molecule has 120 valence electrons. The maximum Gasteiger partial charge on any atom is 0.328 e. The van der Waals surface area contributed by atoms with E-state index in [1.807, 2.05) is 42.5 Å². The van der Waals surface area contributed by atoms with Gasteiger partial charge in [-0.25, -0.2) is 9.78 Å². The molecule has 0 saturated heterocycles. The third kappa shape index (κ3) is 2.39. The second-order valence-corrected chi connectivity index (χ2v) is 6.54. The van der Waals surface area contributed by atoms with Gasteiger partial charge in [-0.05, 0) is 29.8 Å². The third-order valence-electron chi connectivity index (χ3n) is 3.96. The summed E-state index contributed by atoms with van der Waals surface area (Å²) >= 11 is 1.56. The first-order valence-electron chi connectivity index (χ1n) is 7.43. The van der Waals surface area contributed by atoms with E-state index < -0.39 is 0 Å². The van der Waals surface area contributed by atoms with Crippen LogP contribution >= 0.6 is 11.3 Å². The number of para-hydroxylation sites is 1. The summed E-state index contributed by atoms with van der Waals surface area (Å²) < 4.78 is 4.39. The van der Waals surface area contributed by atoms with Crippen LogP contribution in [0.3, 0.4) is 0 Å². The van der Waals surface area contributed by atoms with Crippen molar-refractivity contribution in [2.24, 2.45) is 19.2 Å². The van der Waals surface area contributed by atoms with Crippen LogP contribution in [0.5, 0.6) is 0 Å². The highest BCUT2D eigenvalue weighted by atomic mass is 32.1. The van der Waals surface area contributed by atoms with Crippen molar-refractivity contribution in [3.05, 3.63) is 58.5 Å². The number of hydrogen-bond donors (Lipinski definition) is 1. The number of aromatic nitrogens is 3. The molecule has 7 heteroatoms. The second kappa shape index (κ2) is 5.61. The zero-order valence-corrected chi connectivity index (χ0v) is 14.0. The summed E-state index contributed by atoms with van der Waals surface area (Å²) in [5.74, 6) is 0. The van der Waals surface area contributed by atoms with Crippen LogP contribution < -0.4 is 11.1 Å². The molecule has 0 fully saturated rings. The SMILES string of the molecule is Cn1c(=O)n(C)c2cc(/C=N\Nc3nc4ccccc4s3)ccc21. The summed E-state index contributed by atoms with van der Waals surface area (Å²) in [5, 5.41) is 5.00. The molecule has 6 nitrogen and oxygen atoms in total. The number of anilines is 1. The minimum Gasteiger partial charge on any atom is -0.295 e. The van der Waals surface area contributed by atoms with Gasteiger partial charge in [-0.2, -0.15) is 5.10 Å². The fourth-order valence-electron chi connectivity index (χ4n) is 2.69. The lowest BCUT2D eigenvalue weighted by molar-refractivity contribution is 0.795. The molecule has 0 unspecified atom stereocenters. The highest BCUT2D eigenvalue weighted by Crippen LogP contribution is 2.25. The number of imidazole rings is 1. The van der Waals surface area contributed by atoms with Gasteiger partial charge in [0.1, 0.15) is 0 Å². The van der Waals surface area contributed by atoms with Crippen molar-refractivity contribution < 1.29 is 0 Å². The minimum atomic E-state index is -0.0355. The Morgan fingerprint density at radius 3 is 2.75 bits per heavy atom. The molecule has 2 aromatic heterocycles. The van der Waals surface area contributed by atoms with Crippen molar-refractivity contribution in [3.8, 4) is 0 Å². The van der Waals surface area contributed by atoms with Crippen molar-refractivity contribution in [3.63, 3.8) is 0 Å². The Kier molecular flexibility index (Phi) is 3.42. The monoisotopic (exact) mass is 337 g/mol.